The minimum atomic E-state index is -2.94. The predicted molar refractivity (Wildman–Crippen MR) is 136 cm³/mol. The van der Waals surface area contributed by atoms with Gasteiger partial charge in [-0.05, 0) is 32.0 Å². The molecule has 4 aromatic rings. The van der Waals surface area contributed by atoms with Gasteiger partial charge >= 0.3 is 6.61 Å². The van der Waals surface area contributed by atoms with E-state index < -0.39 is 6.61 Å². The maximum atomic E-state index is 12.7. The average molecular weight is 531 g/mol. The Balaban J connectivity index is 1.47. The van der Waals surface area contributed by atoms with Gasteiger partial charge in [0.25, 0.3) is 0 Å². The third kappa shape index (κ3) is 6.39. The summed E-state index contributed by atoms with van der Waals surface area (Å²) in [6, 6.07) is 5.96. The minimum Gasteiger partial charge on any atom is -0.477 e. The highest BCUT2D eigenvalue weighted by molar-refractivity contribution is 6.29. The van der Waals surface area contributed by atoms with Crippen molar-refractivity contribution >= 4 is 23.1 Å². The van der Waals surface area contributed by atoms with Crippen LogP contribution in [-0.2, 0) is 7.05 Å². The van der Waals surface area contributed by atoms with E-state index in [-0.39, 0.29) is 16.9 Å². The number of aromatic nitrogens is 6. The lowest BCUT2D eigenvalue weighted by atomic mass is 10.1. The van der Waals surface area contributed by atoms with E-state index >= 15 is 0 Å². The second-order valence-electron chi connectivity index (χ2n) is 8.18. The fraction of sp³-hybridized carbons (Fsp3) is 0.292. The molecule has 0 saturated carbocycles. The number of nitrogens with one attached hydrogen (secondary N) is 1. The number of aryl methyl sites for hydroxylation is 2. The number of alkyl halides is 2. The minimum absolute atomic E-state index is 0.00576. The predicted octanol–water partition coefficient (Wildman–Crippen LogP) is 4.75. The van der Waals surface area contributed by atoms with Crippen molar-refractivity contribution in [2.24, 2.45) is 7.05 Å². The maximum Gasteiger partial charge on any atom is 0.387 e. The van der Waals surface area contributed by atoms with E-state index in [9.17, 15) is 8.78 Å². The summed E-state index contributed by atoms with van der Waals surface area (Å²) in [5, 5.41) is 8.07. The van der Waals surface area contributed by atoms with Crippen molar-refractivity contribution in [3.63, 3.8) is 0 Å². The van der Waals surface area contributed by atoms with E-state index in [1.54, 1.807) is 30.1 Å². The van der Waals surface area contributed by atoms with Crippen molar-refractivity contribution in [2.75, 3.05) is 17.7 Å². The van der Waals surface area contributed by atoms with Crippen LogP contribution in [0.3, 0.4) is 0 Å². The molecule has 1 atom stereocenters. The SMILES string of the molecule is Cc1nn(C)c(OCC[C@H](C)Nc2cc(Cl)ncc2-c2cc(OC(F)F)ccn2)c1-c1nccc(N)n1. The van der Waals surface area contributed by atoms with Crippen LogP contribution in [0.2, 0.25) is 5.15 Å². The molecule has 0 aliphatic carbocycles. The molecule has 0 aliphatic rings. The Morgan fingerprint density at radius 1 is 1.16 bits per heavy atom. The van der Waals surface area contributed by atoms with E-state index in [2.05, 4.69) is 35.1 Å². The van der Waals surface area contributed by atoms with Crippen LogP contribution in [0.15, 0.2) is 42.9 Å². The van der Waals surface area contributed by atoms with Gasteiger partial charge < -0.3 is 20.5 Å². The van der Waals surface area contributed by atoms with Gasteiger partial charge in [0.2, 0.25) is 5.88 Å². The number of hydrogen-bond acceptors (Lipinski definition) is 9. The van der Waals surface area contributed by atoms with E-state index in [1.165, 1.54) is 24.5 Å². The van der Waals surface area contributed by atoms with Crippen LogP contribution in [0.5, 0.6) is 11.6 Å². The first-order chi connectivity index (χ1) is 17.7. The molecule has 0 spiro atoms. The van der Waals surface area contributed by atoms with Gasteiger partial charge in [-0.15, -0.1) is 0 Å². The lowest BCUT2D eigenvalue weighted by molar-refractivity contribution is -0.0498. The Bertz CT molecular complexity index is 1380. The molecule has 0 unspecified atom stereocenters. The summed E-state index contributed by atoms with van der Waals surface area (Å²) < 4.78 is 37.5. The van der Waals surface area contributed by atoms with Crippen molar-refractivity contribution in [1.29, 1.82) is 0 Å². The van der Waals surface area contributed by atoms with Crippen molar-refractivity contribution < 1.29 is 18.3 Å². The number of ether oxygens (including phenoxy) is 2. The van der Waals surface area contributed by atoms with Crippen LogP contribution in [-0.4, -0.2) is 49.0 Å². The third-order valence-electron chi connectivity index (χ3n) is 5.36. The van der Waals surface area contributed by atoms with Gasteiger partial charge in [-0.25, -0.2) is 19.6 Å². The van der Waals surface area contributed by atoms with E-state index in [4.69, 9.17) is 22.1 Å². The van der Waals surface area contributed by atoms with E-state index in [0.717, 1.165) is 5.69 Å². The maximum absolute atomic E-state index is 12.7. The summed E-state index contributed by atoms with van der Waals surface area (Å²) in [5.74, 6) is 1.31. The molecule has 0 radical (unpaired) electrons. The second kappa shape index (κ2) is 11.3. The first-order valence-electron chi connectivity index (χ1n) is 11.3. The molecule has 0 fully saturated rings. The van der Waals surface area contributed by atoms with Crippen LogP contribution in [0.1, 0.15) is 19.0 Å². The van der Waals surface area contributed by atoms with Crippen LogP contribution >= 0.6 is 11.6 Å². The highest BCUT2D eigenvalue weighted by atomic mass is 35.5. The molecule has 3 N–H and O–H groups in total. The Morgan fingerprint density at radius 2 is 1.95 bits per heavy atom. The molecule has 194 valence electrons. The normalized spacial score (nSPS) is 12.0. The monoisotopic (exact) mass is 530 g/mol. The molecular weight excluding hydrogens is 506 g/mol. The van der Waals surface area contributed by atoms with Gasteiger partial charge in [0, 0.05) is 55.4 Å². The molecule has 0 aromatic carbocycles. The number of nitrogen functional groups attached to an aromatic ring is 1. The Morgan fingerprint density at radius 3 is 2.70 bits per heavy atom. The zero-order valence-electron chi connectivity index (χ0n) is 20.3. The molecule has 4 aromatic heterocycles. The molecule has 10 nitrogen and oxygen atoms in total. The standard InChI is InChI=1S/C24H25ClF2N8O2/c1-13(6-9-36-23-21(14(2)34-35(23)3)22-30-8-5-20(28)33-22)32-18-11-19(25)31-12-16(18)17-10-15(4-7-29-17)37-24(26)27/h4-5,7-8,10-13,24H,6,9H2,1-3H3,(H,31,32)(H2,28,30,33)/t13-/m0/s1. The highest BCUT2D eigenvalue weighted by Crippen LogP contribution is 2.32. The number of nitrogens with two attached hydrogens (primary N) is 1. The smallest absolute Gasteiger partial charge is 0.387 e. The summed E-state index contributed by atoms with van der Waals surface area (Å²) in [5.41, 5.74) is 8.85. The average Bonchev–Trinajstić information content (AvgIpc) is 3.11. The Hall–Kier alpha value is -4.06. The number of halogens is 3. The zero-order valence-corrected chi connectivity index (χ0v) is 21.1. The van der Waals surface area contributed by atoms with Gasteiger partial charge in [-0.2, -0.15) is 13.9 Å². The van der Waals surface area contributed by atoms with Crippen molar-refractivity contribution in [1.82, 2.24) is 29.7 Å². The van der Waals surface area contributed by atoms with E-state index in [0.29, 0.717) is 53.1 Å². The highest BCUT2D eigenvalue weighted by Gasteiger charge is 2.20. The summed E-state index contributed by atoms with van der Waals surface area (Å²) in [6.07, 6.45) is 5.10. The first-order valence-corrected chi connectivity index (χ1v) is 11.7. The molecule has 0 saturated heterocycles. The van der Waals surface area contributed by atoms with Crippen LogP contribution in [0, 0.1) is 6.92 Å². The fourth-order valence-electron chi connectivity index (χ4n) is 3.71. The van der Waals surface area contributed by atoms with Gasteiger partial charge in [-0.1, -0.05) is 11.6 Å². The largest absolute Gasteiger partial charge is 0.477 e. The number of anilines is 2. The molecule has 0 amide bonds. The summed E-state index contributed by atoms with van der Waals surface area (Å²) in [4.78, 5) is 17.0. The van der Waals surface area contributed by atoms with E-state index in [1.807, 2.05) is 13.8 Å². The number of nitrogens with zero attached hydrogens (tertiary/aromatic N) is 6. The van der Waals surface area contributed by atoms with Crippen molar-refractivity contribution in [2.45, 2.75) is 32.9 Å². The van der Waals surface area contributed by atoms with Gasteiger partial charge in [0.1, 0.15) is 22.3 Å². The summed E-state index contributed by atoms with van der Waals surface area (Å²) in [7, 11) is 1.78. The van der Waals surface area contributed by atoms with Crippen LogP contribution < -0.4 is 20.5 Å². The zero-order chi connectivity index (χ0) is 26.5. The number of hydrogen-bond donors (Lipinski definition) is 2. The van der Waals surface area contributed by atoms with Crippen molar-refractivity contribution in [3.05, 3.63) is 53.7 Å². The fourth-order valence-corrected chi connectivity index (χ4v) is 3.87. The Kier molecular flexibility index (Phi) is 7.97. The molecule has 13 heteroatoms. The van der Waals surface area contributed by atoms with Gasteiger partial charge in [-0.3, -0.25) is 4.98 Å². The third-order valence-corrected chi connectivity index (χ3v) is 5.57. The second-order valence-corrected chi connectivity index (χ2v) is 8.57. The lowest BCUT2D eigenvalue weighted by Crippen LogP contribution is -2.19. The number of rotatable bonds is 10. The molecule has 0 bridgehead atoms. The van der Waals surface area contributed by atoms with Gasteiger partial charge in [0.05, 0.1) is 18.0 Å². The van der Waals surface area contributed by atoms with Crippen molar-refractivity contribution in [3.8, 4) is 34.3 Å². The quantitative estimate of drug-likeness (QED) is 0.279. The summed E-state index contributed by atoms with van der Waals surface area (Å²) >= 11 is 6.13. The molecular formula is C24H25ClF2N8O2. The Labute approximate surface area is 216 Å². The number of pyridine rings is 2. The van der Waals surface area contributed by atoms with Gasteiger partial charge in [0.15, 0.2) is 5.82 Å². The topological polar surface area (TPSA) is 126 Å². The van der Waals surface area contributed by atoms with Crippen LogP contribution in [0.25, 0.3) is 22.6 Å². The molecule has 37 heavy (non-hydrogen) atoms. The lowest BCUT2D eigenvalue weighted by Gasteiger charge is -2.19. The van der Waals surface area contributed by atoms with Crippen LogP contribution in [0.4, 0.5) is 20.3 Å². The first kappa shape index (κ1) is 26.0. The molecule has 4 heterocycles. The molecule has 0 aliphatic heterocycles. The molecule has 4 rings (SSSR count). The summed E-state index contributed by atoms with van der Waals surface area (Å²) in [6.45, 7) is 1.24.